The number of esters is 1. The van der Waals surface area contributed by atoms with Crippen molar-refractivity contribution in [3.8, 4) is 0 Å². The van der Waals surface area contributed by atoms with E-state index in [1.165, 1.54) is 51.8 Å². The fraction of sp³-hybridized carbons (Fsp3) is 0.875. The fourth-order valence-electron chi connectivity index (χ4n) is 4.51. The van der Waals surface area contributed by atoms with Crippen molar-refractivity contribution < 1.29 is 14.6 Å². The van der Waals surface area contributed by atoms with Crippen LogP contribution in [0.1, 0.15) is 79.1 Å². The van der Waals surface area contributed by atoms with Gasteiger partial charge in [-0.05, 0) is 0 Å². The van der Waals surface area contributed by atoms with E-state index in [4.69, 9.17) is 4.74 Å². The molecule has 0 spiro atoms. The molecule has 1 rings (SSSR count). The molecule has 4 nitrogen and oxygen atoms in total. The van der Waals surface area contributed by atoms with E-state index < -0.39 is 24.5 Å². The van der Waals surface area contributed by atoms with Crippen molar-refractivity contribution in [1.82, 2.24) is 4.90 Å². The summed E-state index contributed by atoms with van der Waals surface area (Å²) in [5, 5.41) is 11.1. The zero-order valence-corrected chi connectivity index (χ0v) is 22.6. The summed E-state index contributed by atoms with van der Waals surface area (Å²) in [6, 6.07) is 0. The second kappa shape index (κ2) is 14.9. The molecule has 1 heterocycles. The van der Waals surface area contributed by atoms with Crippen LogP contribution in [0.5, 0.6) is 0 Å². The number of likely N-dealkylation sites (tertiary alicyclic amines) is 1. The molecule has 0 aromatic carbocycles. The van der Waals surface area contributed by atoms with E-state index in [1.54, 1.807) is 0 Å². The van der Waals surface area contributed by atoms with E-state index in [1.807, 2.05) is 6.92 Å². The third kappa shape index (κ3) is 9.73. The fourth-order valence-corrected chi connectivity index (χ4v) is 18.9. The summed E-state index contributed by atoms with van der Waals surface area (Å²) in [4.78, 5) is 14.1. The minimum atomic E-state index is -2.40. The molecule has 0 radical (unpaired) electrons. The van der Waals surface area contributed by atoms with Crippen LogP contribution in [-0.4, -0.2) is 66.7 Å². The summed E-state index contributed by atoms with van der Waals surface area (Å²) in [6.07, 6.45) is 10.5. The molecule has 29 heavy (non-hydrogen) atoms. The first-order valence-electron chi connectivity index (χ1n) is 12.2. The van der Waals surface area contributed by atoms with Gasteiger partial charge < -0.3 is 0 Å². The summed E-state index contributed by atoms with van der Waals surface area (Å²) >= 11 is -2.40. The van der Waals surface area contributed by atoms with Crippen molar-refractivity contribution in [3.63, 3.8) is 0 Å². The maximum atomic E-state index is 11.9. The normalized spacial score (nSPS) is 22.1. The molecule has 1 saturated heterocycles. The summed E-state index contributed by atoms with van der Waals surface area (Å²) in [5.74, 6) is -0.140. The number of aliphatic hydroxyl groups is 1. The molecule has 0 aromatic heterocycles. The van der Waals surface area contributed by atoms with E-state index >= 15 is 0 Å². The Kier molecular flexibility index (Phi) is 13.8. The first-order chi connectivity index (χ1) is 13.9. The number of aliphatic hydroxyl groups excluding tert-OH is 1. The molecule has 0 aromatic rings. The van der Waals surface area contributed by atoms with Crippen LogP contribution in [0.3, 0.4) is 0 Å². The molecule has 3 atom stereocenters. The number of piperidine rings is 1. The van der Waals surface area contributed by atoms with E-state index in [0.29, 0.717) is 6.42 Å². The number of likely N-dealkylation sites (N-methyl/N-ethyl adjacent to an activating group) is 1. The number of unbranched alkanes of at least 4 members (excludes halogenated alkanes) is 3. The first kappa shape index (κ1) is 27.0. The van der Waals surface area contributed by atoms with E-state index in [2.05, 4.69) is 42.9 Å². The van der Waals surface area contributed by atoms with E-state index in [0.717, 1.165) is 19.5 Å². The Labute approximate surface area is 184 Å². The van der Waals surface area contributed by atoms with Gasteiger partial charge in [-0.1, -0.05) is 0 Å². The van der Waals surface area contributed by atoms with Crippen LogP contribution >= 0.6 is 0 Å². The van der Waals surface area contributed by atoms with Crippen molar-refractivity contribution in [1.29, 1.82) is 0 Å². The standard InChI is InChI=1S/C12H20NO3.3C4H9.Sn/c1-4-10(14)9-6-7-13(3)8-11(9)16-12(15)5-2;3*1-3-4-2;/h1,4,9-11,14H,5-8H2,2-3H3;3*1,3-4H2,2H3;. The molecule has 0 aliphatic carbocycles. The zero-order chi connectivity index (χ0) is 21.7. The molecule has 0 bridgehead atoms. The van der Waals surface area contributed by atoms with Gasteiger partial charge >= 0.3 is 185 Å². The van der Waals surface area contributed by atoms with Gasteiger partial charge in [0.05, 0.1) is 0 Å². The number of carbonyl (C=O) groups excluding carboxylic acids is 1. The number of rotatable bonds is 14. The van der Waals surface area contributed by atoms with Gasteiger partial charge in [0.15, 0.2) is 0 Å². The van der Waals surface area contributed by atoms with Crippen molar-refractivity contribution in [3.05, 3.63) is 10.2 Å². The Morgan fingerprint density at radius 1 is 1.10 bits per heavy atom. The van der Waals surface area contributed by atoms with Gasteiger partial charge in [-0.15, -0.1) is 0 Å². The van der Waals surface area contributed by atoms with Crippen LogP contribution in [0.15, 0.2) is 10.2 Å². The van der Waals surface area contributed by atoms with Crippen LogP contribution in [0.25, 0.3) is 0 Å². The van der Waals surface area contributed by atoms with Gasteiger partial charge in [-0.3, -0.25) is 0 Å². The molecule has 1 fully saturated rings. The Morgan fingerprint density at radius 3 is 2.14 bits per heavy atom. The number of ether oxygens (including phenoxy) is 1. The second-order valence-corrected chi connectivity index (χ2v) is 22.1. The predicted octanol–water partition coefficient (Wildman–Crippen LogP) is 5.57. The third-order valence-corrected chi connectivity index (χ3v) is 20.7. The molecular weight excluding hydrogens is 469 g/mol. The molecule has 0 saturated carbocycles. The van der Waals surface area contributed by atoms with Gasteiger partial charge in [-0.25, -0.2) is 0 Å². The SMILES string of the molecule is CCC[CH2][Sn]([CH]=CC(O)C1CCN(C)CC1OC(=O)CC)([CH2]CCC)[CH2]CCC. The molecule has 1 aliphatic rings. The summed E-state index contributed by atoms with van der Waals surface area (Å²) in [6.45, 7) is 10.4. The van der Waals surface area contributed by atoms with Crippen LogP contribution in [-0.2, 0) is 9.53 Å². The van der Waals surface area contributed by atoms with Gasteiger partial charge in [-0.2, -0.15) is 0 Å². The second-order valence-electron chi connectivity index (χ2n) is 9.12. The number of carbonyl (C=O) groups is 1. The minimum absolute atomic E-state index is 0.0189. The van der Waals surface area contributed by atoms with Crippen molar-refractivity contribution >= 4 is 24.3 Å². The van der Waals surface area contributed by atoms with Crippen LogP contribution in [0.4, 0.5) is 0 Å². The van der Waals surface area contributed by atoms with E-state index in [-0.39, 0.29) is 18.0 Å². The molecule has 1 N–H and O–H groups in total. The van der Waals surface area contributed by atoms with Gasteiger partial charge in [0, 0.05) is 0 Å². The first-order valence-corrected chi connectivity index (χ1v) is 19.9. The van der Waals surface area contributed by atoms with Crippen LogP contribution < -0.4 is 0 Å². The van der Waals surface area contributed by atoms with Crippen molar-refractivity contribution in [2.75, 3.05) is 20.1 Å². The Balaban J connectivity index is 2.95. The van der Waals surface area contributed by atoms with E-state index in [9.17, 15) is 9.90 Å². The number of hydrogen-bond acceptors (Lipinski definition) is 4. The predicted molar refractivity (Wildman–Crippen MR) is 126 cm³/mol. The number of hydrogen-bond donors (Lipinski definition) is 1. The molecule has 170 valence electrons. The van der Waals surface area contributed by atoms with Gasteiger partial charge in [0.1, 0.15) is 0 Å². The zero-order valence-electron chi connectivity index (χ0n) is 19.8. The van der Waals surface area contributed by atoms with Crippen molar-refractivity contribution in [2.24, 2.45) is 5.92 Å². The topological polar surface area (TPSA) is 49.8 Å². The molecular formula is C24H47NO3Sn. The summed E-state index contributed by atoms with van der Waals surface area (Å²) in [7, 11) is 2.06. The summed E-state index contributed by atoms with van der Waals surface area (Å²) in [5.41, 5.74) is 0. The van der Waals surface area contributed by atoms with Crippen LogP contribution in [0.2, 0.25) is 13.3 Å². The average molecular weight is 516 g/mol. The third-order valence-electron chi connectivity index (χ3n) is 6.56. The molecule has 1 aliphatic heterocycles. The van der Waals surface area contributed by atoms with Crippen LogP contribution in [0, 0.1) is 5.92 Å². The molecule has 3 unspecified atom stereocenters. The Morgan fingerprint density at radius 2 is 1.66 bits per heavy atom. The quantitative estimate of drug-likeness (QED) is 0.243. The average Bonchev–Trinajstić information content (AvgIpc) is 2.72. The summed E-state index contributed by atoms with van der Waals surface area (Å²) < 4.78 is 12.5. The Bertz CT molecular complexity index is 461. The van der Waals surface area contributed by atoms with Gasteiger partial charge in [0.2, 0.25) is 0 Å². The molecule has 0 amide bonds. The Hall–Kier alpha value is -0.0713. The maximum absolute atomic E-state index is 11.9. The van der Waals surface area contributed by atoms with Crippen molar-refractivity contribution in [2.45, 2.75) is 105 Å². The monoisotopic (exact) mass is 517 g/mol. The van der Waals surface area contributed by atoms with Gasteiger partial charge in [0.25, 0.3) is 0 Å². The molecule has 5 heteroatoms. The number of nitrogens with zero attached hydrogens (tertiary/aromatic N) is 1.